The van der Waals surface area contributed by atoms with Gasteiger partial charge in [0.1, 0.15) is 0 Å². The molecular formula is C15H15NS2. The van der Waals surface area contributed by atoms with E-state index in [4.69, 9.17) is 0 Å². The molecule has 92 valence electrons. The van der Waals surface area contributed by atoms with Crippen LogP contribution in [0.15, 0.2) is 56.8 Å². The van der Waals surface area contributed by atoms with Crippen molar-refractivity contribution in [1.82, 2.24) is 0 Å². The van der Waals surface area contributed by atoms with Gasteiger partial charge in [0.2, 0.25) is 0 Å². The lowest BCUT2D eigenvalue weighted by Crippen LogP contribution is -1.97. The van der Waals surface area contributed by atoms with Gasteiger partial charge in [-0.05, 0) is 68.2 Å². The number of thioether (sulfide) groups is 1. The fourth-order valence-corrected chi connectivity index (χ4v) is 3.15. The van der Waals surface area contributed by atoms with Crippen LogP contribution in [0.5, 0.6) is 0 Å². The maximum absolute atomic E-state index is 4.59. The molecule has 1 aromatic carbocycles. The van der Waals surface area contributed by atoms with Crippen LogP contribution in [-0.2, 0) is 0 Å². The highest BCUT2D eigenvalue weighted by Gasteiger charge is 2.14. The number of thiocarbonyl (C=S) groups is 1. The van der Waals surface area contributed by atoms with Crippen molar-refractivity contribution in [2.45, 2.75) is 31.1 Å². The van der Waals surface area contributed by atoms with Gasteiger partial charge in [0.15, 0.2) is 0 Å². The van der Waals surface area contributed by atoms with Crippen molar-refractivity contribution >= 4 is 34.8 Å². The molecule has 0 bridgehead atoms. The molecule has 0 radical (unpaired) electrons. The van der Waals surface area contributed by atoms with Crippen molar-refractivity contribution in [3.05, 3.63) is 46.9 Å². The van der Waals surface area contributed by atoms with E-state index in [2.05, 4.69) is 48.0 Å². The molecule has 1 nitrogen and oxygen atoms in total. The Labute approximate surface area is 118 Å². The summed E-state index contributed by atoms with van der Waals surface area (Å²) < 4.78 is 0. The van der Waals surface area contributed by atoms with E-state index in [-0.39, 0.29) is 0 Å². The van der Waals surface area contributed by atoms with Crippen LogP contribution in [0.1, 0.15) is 26.2 Å². The van der Waals surface area contributed by atoms with Gasteiger partial charge in [-0.15, -0.1) is 0 Å². The number of hydrogen-bond acceptors (Lipinski definition) is 3. The smallest absolute Gasteiger partial charge is 0.0740 e. The minimum absolute atomic E-state index is 0.850. The summed E-state index contributed by atoms with van der Waals surface area (Å²) in [6.07, 6.45) is 3.54. The van der Waals surface area contributed by atoms with Crippen LogP contribution in [0.3, 0.4) is 0 Å². The molecule has 0 N–H and O–H groups in total. The highest BCUT2D eigenvalue weighted by molar-refractivity contribution is 8.03. The molecule has 0 spiro atoms. The molecule has 0 aromatic heterocycles. The molecule has 0 aliphatic heterocycles. The van der Waals surface area contributed by atoms with Crippen molar-refractivity contribution in [1.29, 1.82) is 0 Å². The Morgan fingerprint density at radius 2 is 2.00 bits per heavy atom. The molecule has 0 unspecified atom stereocenters. The summed E-state index contributed by atoms with van der Waals surface area (Å²) in [7, 11) is 0. The number of hydrogen-bond donors (Lipinski definition) is 0. The van der Waals surface area contributed by atoms with Gasteiger partial charge in [-0.2, -0.15) is 4.99 Å². The molecule has 0 fully saturated rings. The van der Waals surface area contributed by atoms with Gasteiger partial charge in [-0.25, -0.2) is 0 Å². The number of aliphatic imine (C=N–C) groups is 1. The molecule has 0 saturated heterocycles. The van der Waals surface area contributed by atoms with E-state index in [0.717, 1.165) is 12.1 Å². The summed E-state index contributed by atoms with van der Waals surface area (Å²) in [4.78, 5) is 6.52. The average molecular weight is 273 g/mol. The third kappa shape index (κ3) is 3.20. The first-order valence-corrected chi connectivity index (χ1v) is 7.17. The lowest BCUT2D eigenvalue weighted by atomic mass is 9.97. The van der Waals surface area contributed by atoms with Crippen LogP contribution < -0.4 is 0 Å². The lowest BCUT2D eigenvalue weighted by Gasteiger charge is -2.19. The maximum atomic E-state index is 4.59. The first-order chi connectivity index (χ1) is 8.70. The molecule has 18 heavy (non-hydrogen) atoms. The van der Waals surface area contributed by atoms with Gasteiger partial charge in [0.05, 0.1) is 10.8 Å². The zero-order valence-corrected chi connectivity index (χ0v) is 12.0. The van der Waals surface area contributed by atoms with Crippen molar-refractivity contribution in [3.8, 4) is 0 Å². The molecule has 0 amide bonds. The van der Waals surface area contributed by atoms with Crippen molar-refractivity contribution in [3.63, 3.8) is 0 Å². The third-order valence-electron chi connectivity index (χ3n) is 2.97. The second-order valence-corrected chi connectivity index (χ2v) is 5.63. The predicted molar refractivity (Wildman–Crippen MR) is 82.7 cm³/mol. The van der Waals surface area contributed by atoms with E-state index in [9.17, 15) is 0 Å². The lowest BCUT2D eigenvalue weighted by molar-refractivity contribution is 0.781. The minimum Gasteiger partial charge on any atom is -0.195 e. The summed E-state index contributed by atoms with van der Waals surface area (Å²) in [5, 5.41) is 2.38. The highest BCUT2D eigenvalue weighted by Crippen LogP contribution is 2.40. The van der Waals surface area contributed by atoms with E-state index < -0.39 is 0 Å². The van der Waals surface area contributed by atoms with E-state index >= 15 is 0 Å². The second-order valence-electron chi connectivity index (χ2n) is 4.37. The first-order valence-electron chi connectivity index (χ1n) is 5.94. The largest absolute Gasteiger partial charge is 0.195 e. The zero-order valence-electron chi connectivity index (χ0n) is 10.4. The average Bonchev–Trinajstić information content (AvgIpc) is 2.36. The first kappa shape index (κ1) is 13.3. The van der Waals surface area contributed by atoms with Crippen molar-refractivity contribution in [2.75, 3.05) is 0 Å². The molecule has 1 aromatic rings. The summed E-state index contributed by atoms with van der Waals surface area (Å²) in [5.74, 6) is 0. The summed E-state index contributed by atoms with van der Waals surface area (Å²) in [5.41, 5.74) is 3.57. The monoisotopic (exact) mass is 273 g/mol. The zero-order chi connectivity index (χ0) is 13.0. The SMILES string of the molecule is C=C1CCCC(C)=C1Sc1ccc(N=C=S)cc1. The Morgan fingerprint density at radius 3 is 2.61 bits per heavy atom. The number of allylic oxidation sites excluding steroid dienone is 2. The fourth-order valence-electron chi connectivity index (χ4n) is 2.01. The van der Waals surface area contributed by atoms with Crippen molar-refractivity contribution in [2.24, 2.45) is 4.99 Å². The van der Waals surface area contributed by atoms with E-state index in [1.54, 1.807) is 11.8 Å². The Morgan fingerprint density at radius 1 is 1.28 bits per heavy atom. The number of rotatable bonds is 3. The Bertz CT molecular complexity index is 534. The maximum Gasteiger partial charge on any atom is 0.0740 e. The fraction of sp³-hybridized carbons (Fsp3) is 0.267. The normalized spacial score (nSPS) is 15.5. The van der Waals surface area contributed by atoms with Crippen LogP contribution in [0.2, 0.25) is 0 Å². The molecule has 0 saturated carbocycles. The summed E-state index contributed by atoms with van der Waals surface area (Å²) >= 11 is 6.39. The Hall–Kier alpha value is -1.15. The van der Waals surface area contributed by atoms with Gasteiger partial charge in [-0.1, -0.05) is 23.9 Å². The predicted octanol–water partition coefficient (Wildman–Crippen LogP) is 5.53. The highest BCUT2D eigenvalue weighted by atomic mass is 32.2. The van der Waals surface area contributed by atoms with E-state index in [1.165, 1.54) is 33.8 Å². The number of nitrogens with zero attached hydrogens (tertiary/aromatic N) is 1. The van der Waals surface area contributed by atoms with Crippen LogP contribution in [-0.4, -0.2) is 5.16 Å². The standard InChI is InChI=1S/C15H15NS2/c1-11-4-3-5-12(2)15(11)18-14-8-6-13(7-9-14)16-10-17/h6-9H,1,3-5H2,2H3. The Kier molecular flexibility index (Phi) is 4.54. The number of benzene rings is 1. The molecular weight excluding hydrogens is 258 g/mol. The van der Waals surface area contributed by atoms with Gasteiger partial charge >= 0.3 is 0 Å². The van der Waals surface area contributed by atoms with E-state index in [0.29, 0.717) is 0 Å². The molecule has 0 heterocycles. The van der Waals surface area contributed by atoms with Gasteiger partial charge in [0.25, 0.3) is 0 Å². The van der Waals surface area contributed by atoms with Crippen LogP contribution in [0.4, 0.5) is 5.69 Å². The van der Waals surface area contributed by atoms with Crippen LogP contribution >= 0.6 is 24.0 Å². The van der Waals surface area contributed by atoms with Crippen molar-refractivity contribution < 1.29 is 0 Å². The summed E-state index contributed by atoms with van der Waals surface area (Å²) in [6.45, 7) is 6.37. The van der Waals surface area contributed by atoms with Gasteiger partial charge < -0.3 is 0 Å². The van der Waals surface area contributed by atoms with Crippen LogP contribution in [0, 0.1) is 0 Å². The van der Waals surface area contributed by atoms with Gasteiger partial charge in [0, 0.05) is 9.80 Å². The molecule has 1 aliphatic rings. The minimum atomic E-state index is 0.850. The van der Waals surface area contributed by atoms with E-state index in [1.807, 2.05) is 12.1 Å². The number of isothiocyanates is 1. The molecule has 3 heteroatoms. The second kappa shape index (κ2) is 6.14. The molecule has 0 atom stereocenters. The Balaban J connectivity index is 2.18. The third-order valence-corrected chi connectivity index (χ3v) is 4.41. The molecule has 1 aliphatic carbocycles. The van der Waals surface area contributed by atoms with Gasteiger partial charge in [-0.3, -0.25) is 0 Å². The summed E-state index contributed by atoms with van der Waals surface area (Å²) in [6, 6.07) is 8.06. The topological polar surface area (TPSA) is 12.4 Å². The molecule has 2 rings (SSSR count). The quantitative estimate of drug-likeness (QED) is 0.530. The van der Waals surface area contributed by atoms with Crippen LogP contribution in [0.25, 0.3) is 0 Å².